The molecule has 19 heavy (non-hydrogen) atoms. The minimum Gasteiger partial charge on any atom is -0.378 e. The number of aliphatic hydroxyl groups is 1. The molecule has 0 heterocycles. The van der Waals surface area contributed by atoms with Gasteiger partial charge < -0.3 is 14.8 Å². The van der Waals surface area contributed by atoms with Gasteiger partial charge in [-0.25, -0.2) is 0 Å². The Kier molecular flexibility index (Phi) is 8.46. The van der Waals surface area contributed by atoms with Crippen LogP contribution in [0.3, 0.4) is 0 Å². The molecule has 0 aliphatic rings. The van der Waals surface area contributed by atoms with E-state index in [1.54, 1.807) is 11.9 Å². The zero-order valence-corrected chi connectivity index (χ0v) is 10.9. The Balaban J connectivity index is 4.03. The Labute approximate surface area is 110 Å². The van der Waals surface area contributed by atoms with Crippen LogP contribution in [0.5, 0.6) is 0 Å². The molecule has 1 N–H and O–H groups in total. The Hall–Kier alpha value is -1.68. The van der Waals surface area contributed by atoms with Crippen LogP contribution in [0.2, 0.25) is 0 Å². The van der Waals surface area contributed by atoms with Gasteiger partial charge in [0.25, 0.3) is 10.2 Å². The summed E-state index contributed by atoms with van der Waals surface area (Å²) in [5.41, 5.74) is 0. The lowest BCUT2D eigenvalue weighted by molar-refractivity contribution is -0.790. The van der Waals surface area contributed by atoms with E-state index < -0.39 is 29.1 Å². The van der Waals surface area contributed by atoms with Crippen LogP contribution in [0.4, 0.5) is 0 Å². The zero-order chi connectivity index (χ0) is 14.8. The van der Waals surface area contributed by atoms with E-state index in [4.69, 9.17) is 0 Å². The lowest BCUT2D eigenvalue weighted by Gasteiger charge is -2.22. The van der Waals surface area contributed by atoms with E-state index in [0.29, 0.717) is 19.4 Å². The number of hydrogen-bond donors (Lipinski definition) is 1. The van der Waals surface area contributed by atoms with Gasteiger partial charge >= 0.3 is 0 Å². The molecule has 0 aliphatic heterocycles. The van der Waals surface area contributed by atoms with E-state index in [1.165, 1.54) is 0 Å². The van der Waals surface area contributed by atoms with Crippen LogP contribution in [-0.2, 0) is 9.68 Å². The monoisotopic (exact) mass is 281 g/mol. The summed E-state index contributed by atoms with van der Waals surface area (Å²) in [5, 5.41) is 27.8. The van der Waals surface area contributed by atoms with Crippen LogP contribution < -0.4 is 0 Å². The third kappa shape index (κ3) is 8.97. The molecule has 10 nitrogen and oxygen atoms in total. The van der Waals surface area contributed by atoms with Crippen LogP contribution in [0.1, 0.15) is 26.2 Å². The van der Waals surface area contributed by atoms with Crippen LogP contribution in [0.25, 0.3) is 0 Å². The molecule has 0 radical (unpaired) electrons. The predicted octanol–water partition coefficient (Wildman–Crippen LogP) is 0.212. The Morgan fingerprint density at radius 3 is 2.37 bits per heavy atom. The smallest absolute Gasteiger partial charge is 0.294 e. The van der Waals surface area contributed by atoms with Gasteiger partial charge in [0.05, 0.1) is 0 Å². The predicted molar refractivity (Wildman–Crippen MR) is 63.0 cm³/mol. The average molecular weight is 281 g/mol. The van der Waals surface area contributed by atoms with Crippen molar-refractivity contribution >= 4 is 0 Å². The van der Waals surface area contributed by atoms with Crippen molar-refractivity contribution in [3.05, 3.63) is 20.2 Å². The maximum absolute atomic E-state index is 10.2. The second-order valence-corrected chi connectivity index (χ2v) is 3.96. The van der Waals surface area contributed by atoms with E-state index in [9.17, 15) is 25.3 Å². The van der Waals surface area contributed by atoms with Crippen LogP contribution in [0, 0.1) is 20.2 Å². The molecule has 0 aromatic carbocycles. The van der Waals surface area contributed by atoms with Crippen molar-refractivity contribution in [1.29, 1.82) is 0 Å². The quantitative estimate of drug-likeness (QED) is 0.323. The minimum absolute atomic E-state index is 0.184. The molecule has 0 amide bonds. The van der Waals surface area contributed by atoms with Gasteiger partial charge in [-0.1, -0.05) is 6.92 Å². The number of aliphatic hydroxyl groups excluding tert-OH is 1. The summed E-state index contributed by atoms with van der Waals surface area (Å²) in [6.07, 6.45) is -0.674. The van der Waals surface area contributed by atoms with Gasteiger partial charge in [-0.15, -0.1) is 20.2 Å². The minimum atomic E-state index is -1.03. The number of hydrogen-bond acceptors (Lipinski definition) is 8. The summed E-state index contributed by atoms with van der Waals surface area (Å²) >= 11 is 0. The van der Waals surface area contributed by atoms with Gasteiger partial charge in [0.2, 0.25) is 0 Å². The van der Waals surface area contributed by atoms with Crippen molar-refractivity contribution in [3.63, 3.8) is 0 Å². The molecule has 2 atom stereocenters. The number of rotatable bonds is 11. The van der Waals surface area contributed by atoms with Gasteiger partial charge in [-0.3, -0.25) is 4.90 Å². The molecule has 0 saturated heterocycles. The SMILES string of the molecule is CCN(C)C(O)CCC[C@H](CO[N+](=O)[O-])O[N+](=O)[O-]. The summed E-state index contributed by atoms with van der Waals surface area (Å²) in [6, 6.07) is 0. The lowest BCUT2D eigenvalue weighted by atomic mass is 10.1. The second kappa shape index (κ2) is 9.28. The second-order valence-electron chi connectivity index (χ2n) is 3.96. The van der Waals surface area contributed by atoms with Crippen molar-refractivity contribution in [2.45, 2.75) is 38.5 Å². The van der Waals surface area contributed by atoms with Crippen LogP contribution in [-0.4, -0.2) is 52.7 Å². The molecule has 0 fully saturated rings. The van der Waals surface area contributed by atoms with Gasteiger partial charge in [-0.05, 0) is 32.9 Å². The highest BCUT2D eigenvalue weighted by atomic mass is 17.0. The Morgan fingerprint density at radius 2 is 1.89 bits per heavy atom. The first-order valence-electron chi connectivity index (χ1n) is 5.83. The highest BCUT2D eigenvalue weighted by molar-refractivity contribution is 4.59. The number of nitrogens with zero attached hydrogens (tertiary/aromatic N) is 3. The van der Waals surface area contributed by atoms with E-state index in [2.05, 4.69) is 9.68 Å². The van der Waals surface area contributed by atoms with Gasteiger partial charge in [0.1, 0.15) is 18.9 Å². The fourth-order valence-corrected chi connectivity index (χ4v) is 1.39. The van der Waals surface area contributed by atoms with Gasteiger partial charge in [0, 0.05) is 0 Å². The maximum atomic E-state index is 10.2. The van der Waals surface area contributed by atoms with Crippen molar-refractivity contribution in [3.8, 4) is 0 Å². The summed E-state index contributed by atoms with van der Waals surface area (Å²) in [6.45, 7) is 2.04. The largest absolute Gasteiger partial charge is 0.378 e. The normalized spacial score (nSPS) is 13.9. The average Bonchev–Trinajstić information content (AvgIpc) is 2.33. The summed E-state index contributed by atoms with van der Waals surface area (Å²) in [7, 11) is 1.74. The summed E-state index contributed by atoms with van der Waals surface area (Å²) < 4.78 is 0. The fraction of sp³-hybridized carbons (Fsp3) is 1.00. The van der Waals surface area contributed by atoms with E-state index in [-0.39, 0.29) is 6.42 Å². The van der Waals surface area contributed by atoms with E-state index in [1.807, 2.05) is 6.92 Å². The molecule has 112 valence electrons. The van der Waals surface area contributed by atoms with Gasteiger partial charge in [-0.2, -0.15) is 0 Å². The Morgan fingerprint density at radius 1 is 1.26 bits per heavy atom. The summed E-state index contributed by atoms with van der Waals surface area (Å²) in [4.78, 5) is 30.2. The Bertz CT molecular complexity index is 289. The fourth-order valence-electron chi connectivity index (χ4n) is 1.39. The summed E-state index contributed by atoms with van der Waals surface area (Å²) in [5.74, 6) is 0. The van der Waals surface area contributed by atoms with Crippen molar-refractivity contribution in [2.24, 2.45) is 0 Å². The lowest BCUT2D eigenvalue weighted by Crippen LogP contribution is -2.31. The zero-order valence-electron chi connectivity index (χ0n) is 10.9. The highest BCUT2D eigenvalue weighted by Gasteiger charge is 2.17. The first-order valence-corrected chi connectivity index (χ1v) is 5.83. The van der Waals surface area contributed by atoms with Crippen molar-refractivity contribution in [1.82, 2.24) is 4.90 Å². The maximum Gasteiger partial charge on any atom is 0.294 e. The molecular weight excluding hydrogens is 262 g/mol. The molecule has 10 heteroatoms. The molecule has 0 rings (SSSR count). The first kappa shape index (κ1) is 17.3. The molecule has 0 aliphatic carbocycles. The molecule has 1 unspecified atom stereocenters. The molecule has 0 spiro atoms. The van der Waals surface area contributed by atoms with Gasteiger partial charge in [0.15, 0.2) is 0 Å². The van der Waals surface area contributed by atoms with E-state index >= 15 is 0 Å². The topological polar surface area (TPSA) is 128 Å². The molecule has 0 bridgehead atoms. The van der Waals surface area contributed by atoms with Crippen molar-refractivity contribution < 1.29 is 25.0 Å². The third-order valence-corrected chi connectivity index (χ3v) is 2.60. The van der Waals surface area contributed by atoms with Crippen LogP contribution >= 0.6 is 0 Å². The third-order valence-electron chi connectivity index (χ3n) is 2.60. The standard InChI is InChI=1S/C9H19N3O7/c1-3-10(2)9(13)6-4-5-8(19-12(16)17)7-18-11(14)15/h8-9,13H,3-7H2,1-2H3/t8-,9?/m1/s1. The molecule has 0 saturated carbocycles. The van der Waals surface area contributed by atoms with E-state index in [0.717, 1.165) is 0 Å². The van der Waals surface area contributed by atoms with Crippen molar-refractivity contribution in [2.75, 3.05) is 20.2 Å². The van der Waals surface area contributed by atoms with Crippen LogP contribution in [0.15, 0.2) is 0 Å². The molecular formula is C9H19N3O7. The first-order chi connectivity index (χ1) is 8.86. The highest BCUT2D eigenvalue weighted by Crippen LogP contribution is 2.10. The molecule has 0 aromatic rings. The molecule has 0 aromatic heterocycles.